The van der Waals surface area contributed by atoms with E-state index in [-0.39, 0.29) is 5.91 Å². The van der Waals surface area contributed by atoms with Crippen LogP contribution in [0.1, 0.15) is 20.3 Å². The molecule has 1 fully saturated rings. The highest BCUT2D eigenvalue weighted by atomic mass is 32.1. The molecule has 1 heterocycles. The standard InChI is InChI=1S/C10H19N3OS/c1-8(2)7-12-10(15)13-5-3-9(14)11-4-6-13/h8H,3-7H2,1-2H3,(H,11,14)(H,12,15). The molecule has 1 rings (SSSR count). The summed E-state index contributed by atoms with van der Waals surface area (Å²) in [4.78, 5) is 13.2. The maximum atomic E-state index is 11.1. The Hall–Kier alpha value is -0.840. The molecule has 1 aliphatic rings. The molecule has 4 nitrogen and oxygen atoms in total. The quantitative estimate of drug-likeness (QED) is 0.670. The minimum Gasteiger partial charge on any atom is -0.362 e. The molecule has 0 aromatic rings. The summed E-state index contributed by atoms with van der Waals surface area (Å²) in [6.45, 7) is 7.37. The van der Waals surface area contributed by atoms with Crippen LogP contribution in [0.25, 0.3) is 0 Å². The summed E-state index contributed by atoms with van der Waals surface area (Å²) in [5, 5.41) is 6.80. The molecule has 1 saturated heterocycles. The summed E-state index contributed by atoms with van der Waals surface area (Å²) in [7, 11) is 0. The van der Waals surface area contributed by atoms with Gasteiger partial charge in [-0.15, -0.1) is 0 Å². The summed E-state index contributed by atoms with van der Waals surface area (Å²) in [5.74, 6) is 0.693. The predicted octanol–water partition coefficient (Wildman–Crippen LogP) is 0.339. The van der Waals surface area contributed by atoms with E-state index < -0.39 is 0 Å². The molecule has 0 bridgehead atoms. The van der Waals surface area contributed by atoms with Gasteiger partial charge in [-0.3, -0.25) is 4.79 Å². The number of thiocarbonyl (C=S) groups is 1. The van der Waals surface area contributed by atoms with Crippen molar-refractivity contribution < 1.29 is 4.79 Å². The lowest BCUT2D eigenvalue weighted by molar-refractivity contribution is -0.120. The van der Waals surface area contributed by atoms with Crippen LogP contribution < -0.4 is 10.6 Å². The van der Waals surface area contributed by atoms with Gasteiger partial charge in [-0.05, 0) is 18.1 Å². The lowest BCUT2D eigenvalue weighted by atomic mass is 10.2. The van der Waals surface area contributed by atoms with Crippen molar-refractivity contribution in [1.82, 2.24) is 15.5 Å². The molecule has 1 amide bonds. The normalized spacial score (nSPS) is 17.3. The van der Waals surface area contributed by atoms with Crippen molar-refractivity contribution in [2.45, 2.75) is 20.3 Å². The van der Waals surface area contributed by atoms with E-state index in [9.17, 15) is 4.79 Å². The van der Waals surface area contributed by atoms with E-state index in [0.29, 0.717) is 18.9 Å². The van der Waals surface area contributed by atoms with Gasteiger partial charge in [-0.2, -0.15) is 0 Å². The first-order valence-corrected chi connectivity index (χ1v) is 5.80. The fraction of sp³-hybridized carbons (Fsp3) is 0.800. The Labute approximate surface area is 96.4 Å². The maximum Gasteiger partial charge on any atom is 0.221 e. The van der Waals surface area contributed by atoms with Crippen LogP contribution >= 0.6 is 12.2 Å². The Morgan fingerprint density at radius 2 is 2.33 bits per heavy atom. The number of nitrogens with one attached hydrogen (secondary N) is 2. The van der Waals surface area contributed by atoms with Crippen LogP contribution in [-0.4, -0.2) is 42.1 Å². The molecule has 0 atom stereocenters. The van der Waals surface area contributed by atoms with E-state index in [1.165, 1.54) is 0 Å². The lowest BCUT2D eigenvalue weighted by Crippen LogP contribution is -2.42. The van der Waals surface area contributed by atoms with Crippen LogP contribution in [-0.2, 0) is 4.79 Å². The van der Waals surface area contributed by atoms with Gasteiger partial charge in [0.05, 0.1) is 0 Å². The van der Waals surface area contributed by atoms with E-state index in [0.717, 1.165) is 24.7 Å². The van der Waals surface area contributed by atoms with Crippen molar-refractivity contribution in [3.63, 3.8) is 0 Å². The predicted molar refractivity (Wildman–Crippen MR) is 64.6 cm³/mol. The van der Waals surface area contributed by atoms with Crippen molar-refractivity contribution in [3.05, 3.63) is 0 Å². The maximum absolute atomic E-state index is 11.1. The molecule has 0 saturated carbocycles. The molecular formula is C10H19N3OS. The molecule has 15 heavy (non-hydrogen) atoms. The topological polar surface area (TPSA) is 44.4 Å². The monoisotopic (exact) mass is 229 g/mol. The minimum atomic E-state index is 0.115. The van der Waals surface area contributed by atoms with Gasteiger partial charge in [-0.25, -0.2) is 0 Å². The number of amides is 1. The van der Waals surface area contributed by atoms with Gasteiger partial charge in [0.1, 0.15) is 0 Å². The van der Waals surface area contributed by atoms with Crippen molar-refractivity contribution in [3.8, 4) is 0 Å². The van der Waals surface area contributed by atoms with Crippen LogP contribution in [0.2, 0.25) is 0 Å². The van der Waals surface area contributed by atoms with E-state index in [4.69, 9.17) is 12.2 Å². The zero-order valence-electron chi connectivity index (χ0n) is 9.38. The highest BCUT2D eigenvalue weighted by Gasteiger charge is 2.15. The Morgan fingerprint density at radius 3 is 3.00 bits per heavy atom. The number of carbonyl (C=O) groups is 1. The Morgan fingerprint density at radius 1 is 1.60 bits per heavy atom. The summed E-state index contributed by atoms with van der Waals surface area (Å²) in [5.41, 5.74) is 0. The van der Waals surface area contributed by atoms with Crippen molar-refractivity contribution in [2.24, 2.45) is 5.92 Å². The van der Waals surface area contributed by atoms with Crippen LogP contribution in [0.15, 0.2) is 0 Å². The van der Waals surface area contributed by atoms with Crippen LogP contribution in [0.4, 0.5) is 0 Å². The van der Waals surface area contributed by atoms with Crippen LogP contribution in [0.5, 0.6) is 0 Å². The second kappa shape index (κ2) is 5.90. The largest absolute Gasteiger partial charge is 0.362 e. The first kappa shape index (κ1) is 12.2. The molecular weight excluding hydrogens is 210 g/mol. The Balaban J connectivity index is 2.35. The van der Waals surface area contributed by atoms with E-state index >= 15 is 0 Å². The van der Waals surface area contributed by atoms with Crippen LogP contribution in [0.3, 0.4) is 0 Å². The third kappa shape index (κ3) is 4.46. The molecule has 1 aliphatic heterocycles. The second-order valence-electron chi connectivity index (χ2n) is 4.17. The van der Waals surface area contributed by atoms with Crippen molar-refractivity contribution in [2.75, 3.05) is 26.2 Å². The summed E-state index contributed by atoms with van der Waals surface area (Å²) >= 11 is 5.27. The summed E-state index contributed by atoms with van der Waals surface area (Å²) in [6.07, 6.45) is 0.531. The lowest BCUT2D eigenvalue weighted by Gasteiger charge is -2.23. The molecule has 0 radical (unpaired) electrons. The highest BCUT2D eigenvalue weighted by Crippen LogP contribution is 1.98. The van der Waals surface area contributed by atoms with Gasteiger partial charge in [0.15, 0.2) is 5.11 Å². The number of rotatable bonds is 2. The molecule has 0 aromatic heterocycles. The SMILES string of the molecule is CC(C)CNC(=S)N1CCNC(=O)CC1. The van der Waals surface area contributed by atoms with Gasteiger partial charge in [0.25, 0.3) is 0 Å². The number of hydrogen-bond acceptors (Lipinski definition) is 2. The number of hydrogen-bond donors (Lipinski definition) is 2. The van der Waals surface area contributed by atoms with E-state index in [1.54, 1.807) is 0 Å². The minimum absolute atomic E-state index is 0.115. The van der Waals surface area contributed by atoms with E-state index in [2.05, 4.69) is 29.4 Å². The third-order valence-electron chi connectivity index (χ3n) is 2.26. The molecule has 5 heteroatoms. The Kier molecular flexibility index (Phi) is 4.81. The van der Waals surface area contributed by atoms with Crippen molar-refractivity contribution in [1.29, 1.82) is 0 Å². The average molecular weight is 229 g/mol. The summed E-state index contributed by atoms with van der Waals surface area (Å²) < 4.78 is 0. The zero-order chi connectivity index (χ0) is 11.3. The molecule has 2 N–H and O–H groups in total. The first-order chi connectivity index (χ1) is 7.09. The third-order valence-corrected chi connectivity index (χ3v) is 2.66. The van der Waals surface area contributed by atoms with E-state index in [1.807, 2.05) is 0 Å². The average Bonchev–Trinajstić information content (AvgIpc) is 2.39. The van der Waals surface area contributed by atoms with Gasteiger partial charge in [0.2, 0.25) is 5.91 Å². The fourth-order valence-electron chi connectivity index (χ4n) is 1.37. The zero-order valence-corrected chi connectivity index (χ0v) is 10.2. The highest BCUT2D eigenvalue weighted by molar-refractivity contribution is 7.80. The molecule has 0 spiro atoms. The molecule has 0 unspecified atom stereocenters. The second-order valence-corrected chi connectivity index (χ2v) is 4.55. The smallest absolute Gasteiger partial charge is 0.221 e. The molecule has 86 valence electrons. The number of nitrogens with zero attached hydrogens (tertiary/aromatic N) is 1. The van der Waals surface area contributed by atoms with Gasteiger partial charge < -0.3 is 15.5 Å². The molecule has 0 aliphatic carbocycles. The van der Waals surface area contributed by atoms with Crippen molar-refractivity contribution >= 4 is 23.2 Å². The number of carbonyl (C=O) groups excluding carboxylic acids is 1. The first-order valence-electron chi connectivity index (χ1n) is 5.39. The Bertz CT molecular complexity index is 243. The van der Waals surface area contributed by atoms with Crippen LogP contribution in [0, 0.1) is 5.92 Å². The molecule has 0 aromatic carbocycles. The fourth-order valence-corrected chi connectivity index (χ4v) is 1.64. The van der Waals surface area contributed by atoms with Gasteiger partial charge in [0, 0.05) is 32.6 Å². The summed E-state index contributed by atoms with van der Waals surface area (Å²) in [6, 6.07) is 0. The van der Waals surface area contributed by atoms with Gasteiger partial charge >= 0.3 is 0 Å². The van der Waals surface area contributed by atoms with Gasteiger partial charge in [-0.1, -0.05) is 13.8 Å².